The van der Waals surface area contributed by atoms with Crippen molar-refractivity contribution in [2.75, 3.05) is 7.11 Å². The Balaban J connectivity index is 2.32. The third kappa shape index (κ3) is 2.24. The quantitative estimate of drug-likeness (QED) is 0.682. The number of ether oxygens (including phenoxy) is 1. The Kier molecular flexibility index (Phi) is 3.41. The summed E-state index contributed by atoms with van der Waals surface area (Å²) < 4.78 is 6.65. The van der Waals surface area contributed by atoms with Crippen LogP contribution >= 0.6 is 0 Å². The van der Waals surface area contributed by atoms with Crippen LogP contribution in [-0.2, 0) is 4.74 Å². The predicted octanol–water partition coefficient (Wildman–Crippen LogP) is 3.13. The number of nitrogens with zero attached hydrogens (tertiary/aromatic N) is 3. The molecule has 0 aliphatic carbocycles. The Morgan fingerprint density at radius 1 is 1.14 bits per heavy atom. The smallest absolute Gasteiger partial charge is 0.338 e. The van der Waals surface area contributed by atoms with Crippen LogP contribution in [0.5, 0.6) is 0 Å². The molecular formula is C17H17N3O2. The molecule has 2 heterocycles. The number of carbonyl (C=O) groups is 1. The maximum atomic E-state index is 12.0. The summed E-state index contributed by atoms with van der Waals surface area (Å²) in [6.45, 7) is 5.76. The first kappa shape index (κ1) is 14.3. The summed E-state index contributed by atoms with van der Waals surface area (Å²) in [6.07, 6.45) is 0. The molecule has 112 valence electrons. The van der Waals surface area contributed by atoms with Crippen molar-refractivity contribution in [3.05, 3.63) is 52.8 Å². The Morgan fingerprint density at radius 2 is 1.82 bits per heavy atom. The zero-order chi connectivity index (χ0) is 15.9. The Hall–Kier alpha value is -2.69. The van der Waals surface area contributed by atoms with Crippen molar-refractivity contribution in [1.82, 2.24) is 14.8 Å². The van der Waals surface area contributed by atoms with Crippen LogP contribution in [0.3, 0.4) is 0 Å². The summed E-state index contributed by atoms with van der Waals surface area (Å²) >= 11 is 0. The van der Waals surface area contributed by atoms with Crippen molar-refractivity contribution in [1.29, 1.82) is 0 Å². The molecule has 2 aromatic heterocycles. The van der Waals surface area contributed by atoms with E-state index in [4.69, 9.17) is 4.74 Å². The van der Waals surface area contributed by atoms with E-state index in [-0.39, 0.29) is 5.97 Å². The molecule has 5 nitrogen and oxygen atoms in total. The molecule has 0 amide bonds. The van der Waals surface area contributed by atoms with Gasteiger partial charge in [-0.25, -0.2) is 14.5 Å². The standard InChI is InChI=1S/C17H17N3O2/c1-10-5-7-13(8-6-10)20-16-15(12(3)19-20)14(17(21)22-4)9-11(2)18-16/h5-9H,1-4H3. The number of benzene rings is 1. The zero-order valence-electron chi connectivity index (χ0n) is 13.0. The van der Waals surface area contributed by atoms with Crippen molar-refractivity contribution in [2.24, 2.45) is 0 Å². The summed E-state index contributed by atoms with van der Waals surface area (Å²) in [5.41, 5.74) is 4.76. The van der Waals surface area contributed by atoms with Crippen LogP contribution < -0.4 is 0 Å². The van der Waals surface area contributed by atoms with Gasteiger partial charge in [0.25, 0.3) is 0 Å². The molecule has 0 N–H and O–H groups in total. The highest BCUT2D eigenvalue weighted by Gasteiger charge is 2.19. The van der Waals surface area contributed by atoms with Gasteiger partial charge in [0.1, 0.15) is 0 Å². The zero-order valence-corrected chi connectivity index (χ0v) is 13.0. The van der Waals surface area contributed by atoms with E-state index in [0.29, 0.717) is 11.2 Å². The first-order valence-corrected chi connectivity index (χ1v) is 7.03. The Morgan fingerprint density at radius 3 is 2.45 bits per heavy atom. The number of methoxy groups -OCH3 is 1. The number of hydrogen-bond acceptors (Lipinski definition) is 4. The van der Waals surface area contributed by atoms with Gasteiger partial charge < -0.3 is 4.74 Å². The lowest BCUT2D eigenvalue weighted by Gasteiger charge is -2.06. The second-order valence-corrected chi connectivity index (χ2v) is 5.33. The van der Waals surface area contributed by atoms with Gasteiger partial charge in [0.05, 0.1) is 29.4 Å². The molecule has 0 spiro atoms. The van der Waals surface area contributed by atoms with Crippen LogP contribution in [0.25, 0.3) is 16.7 Å². The highest BCUT2D eigenvalue weighted by Crippen LogP contribution is 2.25. The minimum atomic E-state index is -0.373. The maximum absolute atomic E-state index is 12.0. The summed E-state index contributed by atoms with van der Waals surface area (Å²) in [7, 11) is 1.38. The number of fused-ring (bicyclic) bond motifs is 1. The number of aryl methyl sites for hydroxylation is 3. The molecule has 0 aliphatic rings. The number of aromatic nitrogens is 3. The van der Waals surface area contributed by atoms with Crippen molar-refractivity contribution in [3.8, 4) is 5.69 Å². The highest BCUT2D eigenvalue weighted by molar-refractivity contribution is 6.04. The normalized spacial score (nSPS) is 10.9. The molecule has 5 heteroatoms. The van der Waals surface area contributed by atoms with E-state index >= 15 is 0 Å². The lowest BCUT2D eigenvalue weighted by molar-refractivity contribution is 0.0602. The molecule has 1 aromatic carbocycles. The molecule has 3 aromatic rings. The minimum absolute atomic E-state index is 0.373. The van der Waals surface area contributed by atoms with Gasteiger partial charge in [-0.3, -0.25) is 0 Å². The molecule has 0 atom stereocenters. The van der Waals surface area contributed by atoms with E-state index in [1.165, 1.54) is 12.7 Å². The van der Waals surface area contributed by atoms with Gasteiger partial charge in [0.15, 0.2) is 5.65 Å². The monoisotopic (exact) mass is 295 g/mol. The fourth-order valence-corrected chi connectivity index (χ4v) is 2.55. The third-order valence-corrected chi connectivity index (χ3v) is 3.62. The molecule has 0 saturated heterocycles. The average molecular weight is 295 g/mol. The highest BCUT2D eigenvalue weighted by atomic mass is 16.5. The van der Waals surface area contributed by atoms with Gasteiger partial charge in [-0.1, -0.05) is 17.7 Å². The number of carbonyl (C=O) groups excluding carboxylic acids is 1. The molecular weight excluding hydrogens is 278 g/mol. The largest absolute Gasteiger partial charge is 0.465 e. The van der Waals surface area contributed by atoms with Gasteiger partial charge in [-0.2, -0.15) is 5.10 Å². The molecule has 22 heavy (non-hydrogen) atoms. The summed E-state index contributed by atoms with van der Waals surface area (Å²) in [6, 6.07) is 9.76. The second kappa shape index (κ2) is 5.26. The van der Waals surface area contributed by atoms with Crippen LogP contribution in [0.2, 0.25) is 0 Å². The van der Waals surface area contributed by atoms with Crippen molar-refractivity contribution >= 4 is 17.0 Å². The molecule has 0 unspecified atom stereocenters. The SMILES string of the molecule is COC(=O)c1cc(C)nc2c1c(C)nn2-c1ccc(C)cc1. The van der Waals surface area contributed by atoms with Crippen LogP contribution in [0, 0.1) is 20.8 Å². The maximum Gasteiger partial charge on any atom is 0.338 e. The van der Waals surface area contributed by atoms with Crippen molar-refractivity contribution in [2.45, 2.75) is 20.8 Å². The fraction of sp³-hybridized carbons (Fsp3) is 0.235. The van der Waals surface area contributed by atoms with Crippen LogP contribution in [0.1, 0.15) is 27.3 Å². The van der Waals surface area contributed by atoms with Gasteiger partial charge in [0.2, 0.25) is 0 Å². The molecule has 3 rings (SSSR count). The predicted molar refractivity (Wildman–Crippen MR) is 84.4 cm³/mol. The fourth-order valence-electron chi connectivity index (χ4n) is 2.55. The second-order valence-electron chi connectivity index (χ2n) is 5.33. The van der Waals surface area contributed by atoms with Gasteiger partial charge in [-0.05, 0) is 39.0 Å². The van der Waals surface area contributed by atoms with Crippen LogP contribution in [0.15, 0.2) is 30.3 Å². The first-order valence-electron chi connectivity index (χ1n) is 7.03. The van der Waals surface area contributed by atoms with E-state index in [9.17, 15) is 4.79 Å². The lowest BCUT2D eigenvalue weighted by atomic mass is 10.1. The third-order valence-electron chi connectivity index (χ3n) is 3.62. The van der Waals surface area contributed by atoms with Gasteiger partial charge in [-0.15, -0.1) is 0 Å². The van der Waals surface area contributed by atoms with Crippen LogP contribution in [-0.4, -0.2) is 27.8 Å². The van der Waals surface area contributed by atoms with E-state index in [1.807, 2.05) is 45.0 Å². The van der Waals surface area contributed by atoms with E-state index in [1.54, 1.807) is 10.7 Å². The molecule has 0 fully saturated rings. The van der Waals surface area contributed by atoms with Gasteiger partial charge >= 0.3 is 5.97 Å². The van der Waals surface area contributed by atoms with Crippen LogP contribution in [0.4, 0.5) is 0 Å². The first-order chi connectivity index (χ1) is 10.5. The molecule has 0 saturated carbocycles. The molecule has 0 bridgehead atoms. The molecule has 0 aliphatic heterocycles. The summed E-state index contributed by atoms with van der Waals surface area (Å²) in [4.78, 5) is 16.6. The van der Waals surface area contributed by atoms with E-state index < -0.39 is 0 Å². The van der Waals surface area contributed by atoms with Crippen molar-refractivity contribution in [3.63, 3.8) is 0 Å². The van der Waals surface area contributed by atoms with E-state index in [0.717, 1.165) is 22.5 Å². The topological polar surface area (TPSA) is 57.0 Å². The Labute approximate surface area is 128 Å². The number of esters is 1. The lowest BCUT2D eigenvalue weighted by Crippen LogP contribution is -2.05. The molecule has 0 radical (unpaired) electrons. The number of hydrogen-bond donors (Lipinski definition) is 0. The number of pyridine rings is 1. The van der Waals surface area contributed by atoms with E-state index in [2.05, 4.69) is 10.1 Å². The average Bonchev–Trinajstić information content (AvgIpc) is 2.83. The Bertz CT molecular complexity index is 864. The summed E-state index contributed by atoms with van der Waals surface area (Å²) in [5, 5.41) is 5.29. The summed E-state index contributed by atoms with van der Waals surface area (Å²) in [5.74, 6) is -0.373. The number of rotatable bonds is 2. The van der Waals surface area contributed by atoms with Crippen molar-refractivity contribution < 1.29 is 9.53 Å². The van der Waals surface area contributed by atoms with Gasteiger partial charge in [0, 0.05) is 5.69 Å². The minimum Gasteiger partial charge on any atom is -0.465 e.